The maximum atomic E-state index is 3.46. The van der Waals surface area contributed by atoms with Crippen LogP contribution in [0.25, 0.3) is 0 Å². The van der Waals surface area contributed by atoms with E-state index < -0.39 is 0 Å². The SMILES string of the molecule is CCCNCC1CCCS1. The summed E-state index contributed by atoms with van der Waals surface area (Å²) in [7, 11) is 0. The molecule has 1 saturated heterocycles. The number of hydrogen-bond acceptors (Lipinski definition) is 2. The highest BCUT2D eigenvalue weighted by atomic mass is 32.2. The first-order chi connectivity index (χ1) is 4.93. The molecule has 0 bridgehead atoms. The molecule has 1 rings (SSSR count). The van der Waals surface area contributed by atoms with E-state index in [2.05, 4.69) is 24.0 Å². The Morgan fingerprint density at radius 2 is 2.50 bits per heavy atom. The van der Waals surface area contributed by atoms with Crippen molar-refractivity contribution < 1.29 is 0 Å². The molecule has 0 aromatic heterocycles. The van der Waals surface area contributed by atoms with Crippen LogP contribution in [0.5, 0.6) is 0 Å². The molecule has 10 heavy (non-hydrogen) atoms. The van der Waals surface area contributed by atoms with E-state index in [1.54, 1.807) is 0 Å². The van der Waals surface area contributed by atoms with Gasteiger partial charge in [-0.2, -0.15) is 11.8 Å². The lowest BCUT2D eigenvalue weighted by molar-refractivity contribution is 0.637. The Labute approximate surface area is 68.0 Å². The summed E-state index contributed by atoms with van der Waals surface area (Å²) in [4.78, 5) is 0. The van der Waals surface area contributed by atoms with E-state index in [4.69, 9.17) is 0 Å². The zero-order valence-electron chi connectivity index (χ0n) is 6.73. The van der Waals surface area contributed by atoms with Crippen LogP contribution in [0.15, 0.2) is 0 Å². The first-order valence-corrected chi connectivity index (χ1v) is 5.30. The number of nitrogens with one attached hydrogen (secondary N) is 1. The van der Waals surface area contributed by atoms with Crippen LogP contribution in [-0.4, -0.2) is 24.1 Å². The van der Waals surface area contributed by atoms with Gasteiger partial charge in [0.2, 0.25) is 0 Å². The molecular formula is C8H17NS. The maximum Gasteiger partial charge on any atom is 0.0172 e. The van der Waals surface area contributed by atoms with Gasteiger partial charge in [0.1, 0.15) is 0 Å². The van der Waals surface area contributed by atoms with Crippen LogP contribution in [0.4, 0.5) is 0 Å². The maximum absolute atomic E-state index is 3.46. The molecule has 60 valence electrons. The molecule has 0 aromatic carbocycles. The molecule has 0 saturated carbocycles. The van der Waals surface area contributed by atoms with Gasteiger partial charge in [-0.25, -0.2) is 0 Å². The summed E-state index contributed by atoms with van der Waals surface area (Å²) in [6.07, 6.45) is 4.13. The highest BCUT2D eigenvalue weighted by Gasteiger charge is 2.13. The molecule has 1 nitrogen and oxygen atoms in total. The monoisotopic (exact) mass is 159 g/mol. The molecule has 0 aromatic rings. The summed E-state index contributed by atoms with van der Waals surface area (Å²) >= 11 is 2.13. The largest absolute Gasteiger partial charge is 0.316 e. The Morgan fingerprint density at radius 1 is 1.60 bits per heavy atom. The first-order valence-electron chi connectivity index (χ1n) is 4.26. The van der Waals surface area contributed by atoms with Crippen molar-refractivity contribution in [2.24, 2.45) is 0 Å². The molecule has 0 aliphatic carbocycles. The van der Waals surface area contributed by atoms with Crippen molar-refractivity contribution in [3.63, 3.8) is 0 Å². The predicted molar refractivity (Wildman–Crippen MR) is 48.6 cm³/mol. The molecule has 1 aliphatic rings. The van der Waals surface area contributed by atoms with Crippen molar-refractivity contribution in [1.82, 2.24) is 5.32 Å². The summed E-state index contributed by atoms with van der Waals surface area (Å²) in [5.41, 5.74) is 0. The molecule has 1 aliphatic heterocycles. The summed E-state index contributed by atoms with van der Waals surface area (Å²) in [5.74, 6) is 1.39. The Bertz CT molecular complexity index is 79.3. The Kier molecular flexibility index (Phi) is 4.23. The smallest absolute Gasteiger partial charge is 0.0172 e. The fraction of sp³-hybridized carbons (Fsp3) is 1.00. The second kappa shape index (κ2) is 5.03. The molecule has 2 heteroatoms. The van der Waals surface area contributed by atoms with Gasteiger partial charge in [-0.3, -0.25) is 0 Å². The molecule has 1 unspecified atom stereocenters. The van der Waals surface area contributed by atoms with Crippen molar-refractivity contribution >= 4 is 11.8 Å². The average molecular weight is 159 g/mol. The summed E-state index contributed by atoms with van der Waals surface area (Å²) in [5, 5.41) is 4.38. The van der Waals surface area contributed by atoms with E-state index in [-0.39, 0.29) is 0 Å². The standard InChI is InChI=1S/C8H17NS/c1-2-5-9-7-8-4-3-6-10-8/h8-9H,2-7H2,1H3. The first kappa shape index (κ1) is 8.41. The van der Waals surface area contributed by atoms with Crippen molar-refractivity contribution in [2.45, 2.75) is 31.4 Å². The molecule has 1 atom stereocenters. The van der Waals surface area contributed by atoms with Gasteiger partial charge in [0.05, 0.1) is 0 Å². The van der Waals surface area contributed by atoms with Gasteiger partial charge in [0.25, 0.3) is 0 Å². The van der Waals surface area contributed by atoms with Gasteiger partial charge in [0.15, 0.2) is 0 Å². The third-order valence-electron chi connectivity index (χ3n) is 1.82. The Balaban J connectivity index is 1.91. The van der Waals surface area contributed by atoms with Gasteiger partial charge in [-0.1, -0.05) is 6.92 Å². The van der Waals surface area contributed by atoms with Gasteiger partial charge in [-0.15, -0.1) is 0 Å². The quantitative estimate of drug-likeness (QED) is 0.629. The van der Waals surface area contributed by atoms with E-state index >= 15 is 0 Å². The van der Waals surface area contributed by atoms with Crippen molar-refractivity contribution in [2.75, 3.05) is 18.8 Å². The fourth-order valence-electron chi connectivity index (χ4n) is 1.25. The third kappa shape index (κ3) is 2.93. The molecule has 1 N–H and O–H groups in total. The van der Waals surface area contributed by atoms with Gasteiger partial charge < -0.3 is 5.32 Å². The fourth-order valence-corrected chi connectivity index (χ4v) is 2.48. The van der Waals surface area contributed by atoms with E-state index in [0.29, 0.717) is 0 Å². The van der Waals surface area contributed by atoms with Crippen LogP contribution < -0.4 is 5.32 Å². The second-order valence-electron chi connectivity index (χ2n) is 2.84. The van der Waals surface area contributed by atoms with Crippen molar-refractivity contribution in [3.8, 4) is 0 Å². The minimum atomic E-state index is 0.923. The van der Waals surface area contributed by atoms with Crippen LogP contribution >= 0.6 is 11.8 Å². The topological polar surface area (TPSA) is 12.0 Å². The summed E-state index contributed by atoms with van der Waals surface area (Å²) in [6, 6.07) is 0. The van der Waals surface area contributed by atoms with Gasteiger partial charge >= 0.3 is 0 Å². The number of rotatable bonds is 4. The number of hydrogen-bond donors (Lipinski definition) is 1. The molecular weight excluding hydrogens is 142 g/mol. The highest BCUT2D eigenvalue weighted by Crippen LogP contribution is 2.24. The van der Waals surface area contributed by atoms with Crippen LogP contribution in [0.3, 0.4) is 0 Å². The van der Waals surface area contributed by atoms with E-state index in [0.717, 1.165) is 5.25 Å². The molecule has 1 fully saturated rings. The zero-order chi connectivity index (χ0) is 7.23. The molecule has 0 radical (unpaired) electrons. The van der Waals surface area contributed by atoms with Crippen molar-refractivity contribution in [1.29, 1.82) is 0 Å². The minimum absolute atomic E-state index is 0.923. The number of thioether (sulfide) groups is 1. The lowest BCUT2D eigenvalue weighted by Gasteiger charge is -2.08. The van der Waals surface area contributed by atoms with E-state index in [1.807, 2.05) is 0 Å². The molecule has 0 amide bonds. The highest BCUT2D eigenvalue weighted by molar-refractivity contribution is 8.00. The molecule has 1 heterocycles. The lowest BCUT2D eigenvalue weighted by Crippen LogP contribution is -2.23. The van der Waals surface area contributed by atoms with Gasteiger partial charge in [-0.05, 0) is 31.6 Å². The average Bonchev–Trinajstić information content (AvgIpc) is 2.41. The van der Waals surface area contributed by atoms with Crippen LogP contribution in [-0.2, 0) is 0 Å². The summed E-state index contributed by atoms with van der Waals surface area (Å²) in [6.45, 7) is 4.64. The van der Waals surface area contributed by atoms with Crippen molar-refractivity contribution in [3.05, 3.63) is 0 Å². The summed E-state index contributed by atoms with van der Waals surface area (Å²) < 4.78 is 0. The normalized spacial score (nSPS) is 25.5. The lowest BCUT2D eigenvalue weighted by atomic mass is 10.2. The van der Waals surface area contributed by atoms with E-state index in [9.17, 15) is 0 Å². The Morgan fingerprint density at radius 3 is 3.10 bits per heavy atom. The van der Waals surface area contributed by atoms with Gasteiger partial charge in [0, 0.05) is 11.8 Å². The third-order valence-corrected chi connectivity index (χ3v) is 3.22. The molecule has 0 spiro atoms. The second-order valence-corrected chi connectivity index (χ2v) is 4.25. The van der Waals surface area contributed by atoms with E-state index in [1.165, 1.54) is 38.1 Å². The van der Waals surface area contributed by atoms with Crippen LogP contribution in [0.2, 0.25) is 0 Å². The minimum Gasteiger partial charge on any atom is -0.316 e. The zero-order valence-corrected chi connectivity index (χ0v) is 7.54. The van der Waals surface area contributed by atoms with Crippen LogP contribution in [0, 0.1) is 0 Å². The Hall–Kier alpha value is 0.310. The predicted octanol–water partition coefficient (Wildman–Crippen LogP) is 1.88. The van der Waals surface area contributed by atoms with Crippen LogP contribution in [0.1, 0.15) is 26.2 Å².